The maximum absolute atomic E-state index is 12.3. The first-order valence-corrected chi connectivity index (χ1v) is 8.98. The maximum Gasteiger partial charge on any atom is 0.344 e. The van der Waals surface area contributed by atoms with Crippen LogP contribution >= 0.6 is 0 Å². The first kappa shape index (κ1) is 22.1. The molecule has 0 aromatic heterocycles. The van der Waals surface area contributed by atoms with Gasteiger partial charge in [-0.1, -0.05) is 0 Å². The molecule has 3 rings (SSSR count). The van der Waals surface area contributed by atoms with Crippen molar-refractivity contribution in [2.24, 2.45) is 0 Å². The lowest BCUT2D eigenvalue weighted by atomic mass is 10.1. The minimum atomic E-state index is -1.35. The Labute approximate surface area is 180 Å². The normalized spacial score (nSPS) is 10.4. The molecule has 0 bridgehead atoms. The Balaban J connectivity index is 1.62. The molecular weight excluding hydrogens is 424 g/mol. The number of aromatic carboxylic acids is 2. The molecule has 164 valence electrons. The Morgan fingerprint density at radius 2 is 1.25 bits per heavy atom. The van der Waals surface area contributed by atoms with Gasteiger partial charge in [0.05, 0.1) is 16.7 Å². The fourth-order valence-electron chi connectivity index (χ4n) is 2.68. The first-order valence-electron chi connectivity index (χ1n) is 8.98. The van der Waals surface area contributed by atoms with E-state index in [1.807, 2.05) is 0 Å². The molecule has 0 saturated carbocycles. The smallest absolute Gasteiger partial charge is 0.344 e. The van der Waals surface area contributed by atoms with Crippen LogP contribution in [-0.4, -0.2) is 38.3 Å². The van der Waals surface area contributed by atoms with Crippen molar-refractivity contribution in [3.63, 3.8) is 0 Å². The van der Waals surface area contributed by atoms with Gasteiger partial charge < -0.3 is 30.1 Å². The average Bonchev–Trinajstić information content (AvgIpc) is 2.74. The van der Waals surface area contributed by atoms with E-state index < -0.39 is 17.9 Å². The summed E-state index contributed by atoms with van der Waals surface area (Å²) in [4.78, 5) is 44.8. The van der Waals surface area contributed by atoms with E-state index in [0.717, 1.165) is 18.2 Å². The van der Waals surface area contributed by atoms with Crippen LogP contribution in [0.1, 0.15) is 36.6 Å². The third-order valence-electron chi connectivity index (χ3n) is 4.18. The summed E-state index contributed by atoms with van der Waals surface area (Å²) in [6.07, 6.45) is 0. The van der Waals surface area contributed by atoms with E-state index in [2.05, 4.69) is 0 Å². The number of esters is 1. The van der Waals surface area contributed by atoms with Gasteiger partial charge in [0.15, 0.2) is 5.75 Å². The van der Waals surface area contributed by atoms with Gasteiger partial charge in [0.25, 0.3) is 0 Å². The van der Waals surface area contributed by atoms with Crippen LogP contribution in [0.5, 0.6) is 23.0 Å². The SMILES string of the molecule is O=C(O)c1ccc(O)cc1COOc1ccc(OC(=O)c2cc(O)ccc2C(=O)O)cc1. The Bertz CT molecular complexity index is 1170. The van der Waals surface area contributed by atoms with Crippen molar-refractivity contribution < 1.29 is 49.3 Å². The molecule has 0 unspecified atom stereocenters. The highest BCUT2D eigenvalue weighted by Crippen LogP contribution is 2.23. The lowest BCUT2D eigenvalue weighted by Gasteiger charge is -2.09. The van der Waals surface area contributed by atoms with Gasteiger partial charge in [-0.05, 0) is 60.7 Å². The van der Waals surface area contributed by atoms with E-state index in [0.29, 0.717) is 0 Å². The number of phenolic OH excluding ortho intramolecular Hbond substituents is 2. The van der Waals surface area contributed by atoms with Gasteiger partial charge >= 0.3 is 17.9 Å². The minimum Gasteiger partial charge on any atom is -0.508 e. The summed E-state index contributed by atoms with van der Waals surface area (Å²) < 4.78 is 5.13. The van der Waals surface area contributed by atoms with Crippen molar-refractivity contribution in [2.45, 2.75) is 6.61 Å². The summed E-state index contributed by atoms with van der Waals surface area (Å²) in [5.41, 5.74) is -0.500. The van der Waals surface area contributed by atoms with Crippen molar-refractivity contribution in [3.8, 4) is 23.0 Å². The topological polar surface area (TPSA) is 160 Å². The van der Waals surface area contributed by atoms with Crippen LogP contribution in [0.4, 0.5) is 0 Å². The van der Waals surface area contributed by atoms with Crippen LogP contribution in [0.25, 0.3) is 0 Å². The Hall–Kier alpha value is -4.57. The maximum atomic E-state index is 12.3. The monoisotopic (exact) mass is 440 g/mol. The standard InChI is InChI=1S/C22H16O10/c23-13-1-7-17(20(25)26)12(9-13)11-30-32-16-5-3-15(4-6-16)31-22(29)19-10-14(24)2-8-18(19)21(27)28/h1-10,23-24H,11H2,(H,25,26)(H,27,28). The Morgan fingerprint density at radius 1 is 0.688 bits per heavy atom. The van der Waals surface area contributed by atoms with E-state index in [4.69, 9.17) is 24.7 Å². The summed E-state index contributed by atoms with van der Waals surface area (Å²) in [6.45, 7) is -0.262. The number of aromatic hydroxyl groups is 2. The molecular formula is C22H16O10. The van der Waals surface area contributed by atoms with Crippen molar-refractivity contribution in [1.29, 1.82) is 0 Å². The van der Waals surface area contributed by atoms with Crippen LogP contribution in [-0.2, 0) is 11.5 Å². The predicted molar refractivity (Wildman–Crippen MR) is 107 cm³/mol. The third kappa shape index (κ3) is 5.32. The molecule has 0 spiro atoms. The molecule has 4 N–H and O–H groups in total. The number of phenols is 2. The number of ether oxygens (including phenoxy) is 1. The van der Waals surface area contributed by atoms with Crippen molar-refractivity contribution in [3.05, 3.63) is 82.9 Å². The molecule has 0 fully saturated rings. The lowest BCUT2D eigenvalue weighted by molar-refractivity contribution is -0.217. The third-order valence-corrected chi connectivity index (χ3v) is 4.18. The fourth-order valence-corrected chi connectivity index (χ4v) is 2.68. The lowest BCUT2D eigenvalue weighted by Crippen LogP contribution is -2.14. The molecule has 0 aliphatic heterocycles. The summed E-state index contributed by atoms with van der Waals surface area (Å²) >= 11 is 0. The van der Waals surface area contributed by atoms with Crippen LogP contribution in [0.2, 0.25) is 0 Å². The van der Waals surface area contributed by atoms with E-state index in [9.17, 15) is 24.6 Å². The molecule has 0 heterocycles. The number of hydrogen-bond acceptors (Lipinski definition) is 8. The van der Waals surface area contributed by atoms with Gasteiger partial charge in [-0.25, -0.2) is 14.4 Å². The average molecular weight is 440 g/mol. The van der Waals surface area contributed by atoms with Crippen molar-refractivity contribution >= 4 is 17.9 Å². The number of carbonyl (C=O) groups excluding carboxylic acids is 1. The van der Waals surface area contributed by atoms with Gasteiger partial charge in [0.2, 0.25) is 0 Å². The highest BCUT2D eigenvalue weighted by Gasteiger charge is 2.19. The molecule has 0 atom stereocenters. The second-order valence-electron chi connectivity index (χ2n) is 6.39. The molecule has 3 aromatic rings. The quantitative estimate of drug-likeness (QED) is 0.177. The molecule has 0 aliphatic carbocycles. The van der Waals surface area contributed by atoms with Gasteiger partial charge in [-0.15, -0.1) is 0 Å². The number of benzene rings is 3. The summed E-state index contributed by atoms with van der Waals surface area (Å²) in [5.74, 6) is -3.66. The molecule has 0 radical (unpaired) electrons. The zero-order valence-corrected chi connectivity index (χ0v) is 16.2. The van der Waals surface area contributed by atoms with Crippen LogP contribution in [0.3, 0.4) is 0 Å². The largest absolute Gasteiger partial charge is 0.508 e. The highest BCUT2D eigenvalue weighted by atomic mass is 17.2. The van der Waals surface area contributed by atoms with Crippen LogP contribution in [0.15, 0.2) is 60.7 Å². The van der Waals surface area contributed by atoms with Crippen LogP contribution in [0, 0.1) is 0 Å². The second kappa shape index (κ2) is 9.49. The number of carboxylic acids is 2. The van der Waals surface area contributed by atoms with Gasteiger partial charge in [0, 0.05) is 5.56 Å². The zero-order chi connectivity index (χ0) is 23.3. The molecule has 3 aromatic carbocycles. The molecule has 0 amide bonds. The summed E-state index contributed by atoms with van der Waals surface area (Å²) in [6, 6.07) is 12.4. The van der Waals surface area contributed by atoms with E-state index in [1.54, 1.807) is 0 Å². The zero-order valence-electron chi connectivity index (χ0n) is 16.2. The van der Waals surface area contributed by atoms with Crippen molar-refractivity contribution in [1.82, 2.24) is 0 Å². The molecule has 0 saturated heterocycles. The van der Waals surface area contributed by atoms with Gasteiger partial charge in [-0.2, -0.15) is 4.89 Å². The minimum absolute atomic E-state index is 0.0543. The first-order chi connectivity index (χ1) is 15.2. The summed E-state index contributed by atoms with van der Waals surface area (Å²) in [5, 5.41) is 37.4. The Morgan fingerprint density at radius 3 is 1.88 bits per heavy atom. The molecule has 10 nitrogen and oxygen atoms in total. The predicted octanol–water partition coefficient (Wildman–Crippen LogP) is 3.22. The van der Waals surface area contributed by atoms with Gasteiger partial charge in [0.1, 0.15) is 23.9 Å². The number of rotatable bonds is 8. The van der Waals surface area contributed by atoms with Crippen molar-refractivity contribution in [2.75, 3.05) is 0 Å². The Kier molecular flexibility index (Phi) is 6.56. The van der Waals surface area contributed by atoms with E-state index >= 15 is 0 Å². The van der Waals surface area contributed by atoms with E-state index in [1.165, 1.54) is 42.5 Å². The number of carboxylic acid groups (broad SMARTS) is 2. The van der Waals surface area contributed by atoms with Crippen LogP contribution < -0.4 is 9.62 Å². The van der Waals surface area contributed by atoms with Gasteiger partial charge in [-0.3, -0.25) is 0 Å². The summed E-state index contributed by atoms with van der Waals surface area (Å²) in [7, 11) is 0. The second-order valence-corrected chi connectivity index (χ2v) is 6.39. The highest BCUT2D eigenvalue weighted by molar-refractivity contribution is 6.03. The number of hydrogen-bond donors (Lipinski definition) is 4. The fraction of sp³-hybridized carbons (Fsp3) is 0.0455. The van der Waals surface area contributed by atoms with E-state index in [-0.39, 0.29) is 51.9 Å². The molecule has 10 heteroatoms. The molecule has 32 heavy (non-hydrogen) atoms. The molecule has 0 aliphatic rings. The number of carbonyl (C=O) groups is 3.